The SMILES string of the molecule is Cc1cn2cc(C(=O)Nc3ccc(N4C[C@H]5CC[C@@H](C4)N5)cc3F)ncc2n1. The zero-order valence-corrected chi connectivity index (χ0v) is 15.5. The lowest BCUT2D eigenvalue weighted by Gasteiger charge is -2.34. The Morgan fingerprint density at radius 1 is 1.25 bits per heavy atom. The highest BCUT2D eigenvalue weighted by atomic mass is 19.1. The summed E-state index contributed by atoms with van der Waals surface area (Å²) >= 11 is 0. The molecule has 2 aromatic heterocycles. The Morgan fingerprint density at radius 2 is 2.04 bits per heavy atom. The van der Waals surface area contributed by atoms with Crippen LogP contribution in [0, 0.1) is 12.7 Å². The van der Waals surface area contributed by atoms with Gasteiger partial charge in [0.2, 0.25) is 0 Å². The molecule has 0 spiro atoms. The van der Waals surface area contributed by atoms with E-state index >= 15 is 0 Å². The second kappa shape index (κ2) is 6.56. The zero-order chi connectivity index (χ0) is 19.3. The molecule has 2 atom stereocenters. The number of fused-ring (bicyclic) bond motifs is 3. The molecule has 2 aliphatic rings. The maximum atomic E-state index is 14.7. The van der Waals surface area contributed by atoms with Crippen molar-refractivity contribution in [1.82, 2.24) is 19.7 Å². The molecule has 2 N–H and O–H groups in total. The van der Waals surface area contributed by atoms with Gasteiger partial charge in [-0.15, -0.1) is 0 Å². The zero-order valence-electron chi connectivity index (χ0n) is 15.5. The van der Waals surface area contributed by atoms with Crippen LogP contribution in [0.3, 0.4) is 0 Å². The van der Waals surface area contributed by atoms with Gasteiger partial charge < -0.3 is 19.9 Å². The fourth-order valence-corrected chi connectivity index (χ4v) is 4.14. The number of imidazole rings is 1. The molecule has 144 valence electrons. The summed E-state index contributed by atoms with van der Waals surface area (Å²) in [7, 11) is 0. The van der Waals surface area contributed by atoms with Crippen molar-refractivity contribution >= 4 is 22.9 Å². The average molecular weight is 380 g/mol. The van der Waals surface area contributed by atoms with E-state index in [1.165, 1.54) is 25.1 Å². The lowest BCUT2D eigenvalue weighted by Crippen LogP contribution is -2.51. The van der Waals surface area contributed by atoms with Crippen LogP contribution in [0.1, 0.15) is 29.0 Å². The highest BCUT2D eigenvalue weighted by molar-refractivity contribution is 6.02. The third-order valence-corrected chi connectivity index (χ3v) is 5.48. The fraction of sp³-hybridized carbons (Fsp3) is 0.350. The Bertz CT molecular complexity index is 1050. The number of rotatable bonds is 3. The summed E-state index contributed by atoms with van der Waals surface area (Å²) in [6.45, 7) is 3.64. The minimum atomic E-state index is -0.458. The first-order chi connectivity index (χ1) is 13.5. The molecule has 3 aromatic rings. The molecule has 0 unspecified atom stereocenters. The van der Waals surface area contributed by atoms with E-state index in [0.29, 0.717) is 17.7 Å². The summed E-state index contributed by atoms with van der Waals surface area (Å²) in [5.74, 6) is -0.906. The van der Waals surface area contributed by atoms with Crippen molar-refractivity contribution in [3.63, 3.8) is 0 Å². The van der Waals surface area contributed by atoms with E-state index in [1.54, 1.807) is 16.7 Å². The van der Waals surface area contributed by atoms with Gasteiger partial charge in [0.15, 0.2) is 5.65 Å². The molecule has 5 rings (SSSR count). The largest absolute Gasteiger partial charge is 0.368 e. The van der Waals surface area contributed by atoms with Crippen LogP contribution in [0.25, 0.3) is 5.65 Å². The van der Waals surface area contributed by atoms with Gasteiger partial charge in [-0.3, -0.25) is 4.79 Å². The van der Waals surface area contributed by atoms with Crippen molar-refractivity contribution in [1.29, 1.82) is 0 Å². The molecule has 2 aliphatic heterocycles. The number of aromatic nitrogens is 3. The second-order valence-electron chi connectivity index (χ2n) is 7.58. The molecular formula is C20H21FN6O. The second-order valence-corrected chi connectivity index (χ2v) is 7.58. The molecule has 8 heteroatoms. The van der Waals surface area contributed by atoms with Crippen molar-refractivity contribution in [2.45, 2.75) is 31.8 Å². The fourth-order valence-electron chi connectivity index (χ4n) is 4.14. The van der Waals surface area contributed by atoms with Crippen molar-refractivity contribution in [3.05, 3.63) is 54.0 Å². The average Bonchev–Trinajstić information content (AvgIpc) is 3.22. The van der Waals surface area contributed by atoms with Crippen LogP contribution in [0.2, 0.25) is 0 Å². The predicted molar refractivity (Wildman–Crippen MR) is 104 cm³/mol. The first-order valence-corrected chi connectivity index (χ1v) is 9.48. The van der Waals surface area contributed by atoms with Crippen molar-refractivity contribution < 1.29 is 9.18 Å². The number of aryl methyl sites for hydroxylation is 1. The van der Waals surface area contributed by atoms with Gasteiger partial charge in [0.05, 0.1) is 17.6 Å². The van der Waals surface area contributed by atoms with Gasteiger partial charge in [-0.1, -0.05) is 0 Å². The van der Waals surface area contributed by atoms with Crippen molar-refractivity contribution in [3.8, 4) is 0 Å². The smallest absolute Gasteiger partial charge is 0.275 e. The summed E-state index contributed by atoms with van der Waals surface area (Å²) in [5.41, 5.74) is 2.70. The monoisotopic (exact) mass is 380 g/mol. The molecular weight excluding hydrogens is 359 g/mol. The van der Waals surface area contributed by atoms with E-state index in [0.717, 1.165) is 24.5 Å². The molecule has 2 bridgehead atoms. The number of nitrogens with zero attached hydrogens (tertiary/aromatic N) is 4. The minimum absolute atomic E-state index is 0.149. The van der Waals surface area contributed by atoms with Crippen LogP contribution < -0.4 is 15.5 Å². The first-order valence-electron chi connectivity index (χ1n) is 9.48. The van der Waals surface area contributed by atoms with Crippen LogP contribution in [-0.4, -0.2) is 45.4 Å². The molecule has 4 heterocycles. The van der Waals surface area contributed by atoms with Gasteiger partial charge in [0, 0.05) is 43.3 Å². The predicted octanol–water partition coefficient (Wildman–Crippen LogP) is 2.37. The van der Waals surface area contributed by atoms with E-state index in [1.807, 2.05) is 19.2 Å². The summed E-state index contributed by atoms with van der Waals surface area (Å²) in [4.78, 5) is 23.1. The van der Waals surface area contributed by atoms with Gasteiger partial charge in [0.1, 0.15) is 11.5 Å². The molecule has 2 fully saturated rings. The Morgan fingerprint density at radius 3 is 2.79 bits per heavy atom. The van der Waals surface area contributed by atoms with Gasteiger partial charge >= 0.3 is 0 Å². The van der Waals surface area contributed by atoms with Crippen LogP contribution >= 0.6 is 0 Å². The third-order valence-electron chi connectivity index (χ3n) is 5.48. The lowest BCUT2D eigenvalue weighted by molar-refractivity contribution is 0.102. The summed E-state index contributed by atoms with van der Waals surface area (Å²) in [6.07, 6.45) is 7.27. The van der Waals surface area contributed by atoms with E-state index in [2.05, 4.69) is 25.5 Å². The number of hydrogen-bond donors (Lipinski definition) is 2. The number of hydrogen-bond acceptors (Lipinski definition) is 5. The number of amides is 1. The lowest BCUT2D eigenvalue weighted by atomic mass is 10.2. The number of carbonyl (C=O) groups excluding carboxylic acids is 1. The number of piperazine rings is 1. The molecule has 1 amide bonds. The van der Waals surface area contributed by atoms with Crippen molar-refractivity contribution in [2.75, 3.05) is 23.3 Å². The van der Waals surface area contributed by atoms with Crippen LogP contribution in [0.15, 0.2) is 36.8 Å². The van der Waals surface area contributed by atoms with E-state index in [-0.39, 0.29) is 11.4 Å². The van der Waals surface area contributed by atoms with E-state index in [4.69, 9.17) is 0 Å². The third kappa shape index (κ3) is 3.09. The van der Waals surface area contributed by atoms with Crippen LogP contribution in [0.4, 0.5) is 15.8 Å². The standard InChI is InChI=1S/C20H21FN6O/c1-12-8-27-11-18(22-7-19(27)23-12)20(28)25-17-5-4-15(6-16(17)21)26-9-13-2-3-14(10-26)24-13/h4-8,11,13-14,24H,2-3,9-10H2,1H3,(H,25,28)/t13-,14+. The van der Waals surface area contributed by atoms with Gasteiger partial charge in [0.25, 0.3) is 5.91 Å². The van der Waals surface area contributed by atoms with E-state index < -0.39 is 11.7 Å². The Balaban J connectivity index is 1.33. The summed E-state index contributed by atoms with van der Waals surface area (Å²) < 4.78 is 16.4. The molecule has 0 radical (unpaired) electrons. The van der Waals surface area contributed by atoms with Crippen molar-refractivity contribution in [2.24, 2.45) is 0 Å². The molecule has 2 saturated heterocycles. The minimum Gasteiger partial charge on any atom is -0.368 e. The Hall–Kier alpha value is -3.00. The number of halogens is 1. The number of carbonyl (C=O) groups is 1. The Labute approximate surface area is 161 Å². The molecule has 0 saturated carbocycles. The maximum absolute atomic E-state index is 14.7. The topological polar surface area (TPSA) is 74.6 Å². The quantitative estimate of drug-likeness (QED) is 0.730. The summed E-state index contributed by atoms with van der Waals surface area (Å²) in [6, 6.07) is 5.94. The normalized spacial score (nSPS) is 21.3. The van der Waals surface area contributed by atoms with E-state index in [9.17, 15) is 9.18 Å². The van der Waals surface area contributed by atoms with Gasteiger partial charge in [-0.25, -0.2) is 14.4 Å². The number of benzene rings is 1. The molecule has 0 aliphatic carbocycles. The number of nitrogens with one attached hydrogen (secondary N) is 2. The van der Waals surface area contributed by atoms with Gasteiger partial charge in [-0.2, -0.15) is 0 Å². The maximum Gasteiger partial charge on any atom is 0.275 e. The molecule has 1 aromatic carbocycles. The highest BCUT2D eigenvalue weighted by Gasteiger charge is 2.32. The number of anilines is 2. The Kier molecular flexibility index (Phi) is 4.01. The van der Waals surface area contributed by atoms with Crippen LogP contribution in [0.5, 0.6) is 0 Å². The molecule has 28 heavy (non-hydrogen) atoms. The van der Waals surface area contributed by atoms with Crippen LogP contribution in [-0.2, 0) is 0 Å². The molecule has 7 nitrogen and oxygen atoms in total. The highest BCUT2D eigenvalue weighted by Crippen LogP contribution is 2.28. The van der Waals surface area contributed by atoms with Gasteiger partial charge in [-0.05, 0) is 38.0 Å². The summed E-state index contributed by atoms with van der Waals surface area (Å²) in [5, 5.41) is 6.19. The first kappa shape index (κ1) is 17.1.